The standard InChI is InChI=1S/C20H23FN2O.ClH/c21-19-3-1-2-17(13-19)12-15-8-10-23(11-9-15)20(24)18-6-4-16(14-22)5-7-18;/h1-7,13,15H,8-12,14,22H2;1H. The molecule has 0 spiro atoms. The lowest BCUT2D eigenvalue weighted by Crippen LogP contribution is -2.38. The van der Waals surface area contributed by atoms with E-state index in [0.717, 1.165) is 49.0 Å². The predicted octanol–water partition coefficient (Wildman–Crippen LogP) is 3.80. The van der Waals surface area contributed by atoms with Crippen LogP contribution in [0.3, 0.4) is 0 Å². The van der Waals surface area contributed by atoms with Crippen molar-refractivity contribution in [3.8, 4) is 0 Å². The molecule has 3 rings (SSSR count). The van der Waals surface area contributed by atoms with Gasteiger partial charge in [0, 0.05) is 25.2 Å². The van der Waals surface area contributed by atoms with Crippen molar-refractivity contribution in [1.29, 1.82) is 0 Å². The van der Waals surface area contributed by atoms with E-state index in [4.69, 9.17) is 5.73 Å². The predicted molar refractivity (Wildman–Crippen MR) is 100 cm³/mol. The van der Waals surface area contributed by atoms with Crippen LogP contribution in [0.2, 0.25) is 0 Å². The zero-order chi connectivity index (χ0) is 16.9. The third-order valence-electron chi connectivity index (χ3n) is 4.75. The van der Waals surface area contributed by atoms with Gasteiger partial charge in [-0.15, -0.1) is 12.4 Å². The molecule has 1 saturated heterocycles. The van der Waals surface area contributed by atoms with Crippen molar-refractivity contribution in [2.75, 3.05) is 13.1 Å². The molecule has 2 aromatic carbocycles. The van der Waals surface area contributed by atoms with Gasteiger partial charge >= 0.3 is 0 Å². The average Bonchev–Trinajstić information content (AvgIpc) is 2.62. The number of halogens is 2. The molecule has 1 heterocycles. The summed E-state index contributed by atoms with van der Waals surface area (Å²) in [6.45, 7) is 2.01. The first-order valence-corrected chi connectivity index (χ1v) is 8.48. The number of hydrogen-bond donors (Lipinski definition) is 1. The van der Waals surface area contributed by atoms with Gasteiger partial charge < -0.3 is 10.6 Å². The van der Waals surface area contributed by atoms with Crippen LogP contribution in [0.1, 0.15) is 34.3 Å². The monoisotopic (exact) mass is 362 g/mol. The molecule has 0 bridgehead atoms. The van der Waals surface area contributed by atoms with Crippen LogP contribution in [-0.2, 0) is 13.0 Å². The molecule has 2 aromatic rings. The largest absolute Gasteiger partial charge is 0.339 e. The summed E-state index contributed by atoms with van der Waals surface area (Å²) < 4.78 is 13.3. The summed E-state index contributed by atoms with van der Waals surface area (Å²) in [6, 6.07) is 14.3. The maximum atomic E-state index is 13.3. The summed E-state index contributed by atoms with van der Waals surface area (Å²) in [5.41, 5.74) is 8.37. The molecule has 1 aliphatic rings. The number of amides is 1. The van der Waals surface area contributed by atoms with E-state index in [1.54, 1.807) is 12.1 Å². The fraction of sp³-hybridized carbons (Fsp3) is 0.350. The number of piperidine rings is 1. The summed E-state index contributed by atoms with van der Waals surface area (Å²) in [5, 5.41) is 0. The summed E-state index contributed by atoms with van der Waals surface area (Å²) in [4.78, 5) is 14.5. The van der Waals surface area contributed by atoms with Crippen LogP contribution >= 0.6 is 12.4 Å². The lowest BCUT2D eigenvalue weighted by atomic mass is 9.90. The number of rotatable bonds is 4. The first-order valence-electron chi connectivity index (χ1n) is 8.48. The number of nitrogens with zero attached hydrogens (tertiary/aromatic N) is 1. The summed E-state index contributed by atoms with van der Waals surface area (Å²) in [5.74, 6) is 0.416. The lowest BCUT2D eigenvalue weighted by molar-refractivity contribution is 0.0690. The van der Waals surface area contributed by atoms with E-state index in [0.29, 0.717) is 12.5 Å². The molecule has 3 nitrogen and oxygen atoms in total. The second-order valence-electron chi connectivity index (χ2n) is 6.47. The molecule has 0 aromatic heterocycles. The van der Waals surface area contributed by atoms with Gasteiger partial charge in [-0.25, -0.2) is 4.39 Å². The second-order valence-corrected chi connectivity index (χ2v) is 6.47. The first kappa shape index (κ1) is 19.4. The number of likely N-dealkylation sites (tertiary alicyclic amines) is 1. The fourth-order valence-corrected chi connectivity index (χ4v) is 3.30. The van der Waals surface area contributed by atoms with Crippen LogP contribution in [0, 0.1) is 11.7 Å². The smallest absolute Gasteiger partial charge is 0.253 e. The lowest BCUT2D eigenvalue weighted by Gasteiger charge is -2.32. The Kier molecular flexibility index (Phi) is 6.97. The Morgan fingerprint density at radius 1 is 1.08 bits per heavy atom. The highest BCUT2D eigenvalue weighted by Gasteiger charge is 2.23. The van der Waals surface area contributed by atoms with Crippen LogP contribution in [0.5, 0.6) is 0 Å². The maximum Gasteiger partial charge on any atom is 0.253 e. The molecule has 0 unspecified atom stereocenters. The minimum absolute atomic E-state index is 0. The van der Waals surface area contributed by atoms with Crippen molar-refractivity contribution in [1.82, 2.24) is 4.90 Å². The Morgan fingerprint density at radius 3 is 2.36 bits per heavy atom. The zero-order valence-corrected chi connectivity index (χ0v) is 15.0. The highest BCUT2D eigenvalue weighted by atomic mass is 35.5. The minimum Gasteiger partial charge on any atom is -0.339 e. The van der Waals surface area contributed by atoms with Crippen LogP contribution in [0.4, 0.5) is 4.39 Å². The van der Waals surface area contributed by atoms with Crippen molar-refractivity contribution >= 4 is 18.3 Å². The summed E-state index contributed by atoms with van der Waals surface area (Å²) in [7, 11) is 0. The third kappa shape index (κ3) is 5.03. The zero-order valence-electron chi connectivity index (χ0n) is 14.2. The molecule has 5 heteroatoms. The van der Waals surface area contributed by atoms with Crippen LogP contribution in [0.15, 0.2) is 48.5 Å². The van der Waals surface area contributed by atoms with Gasteiger partial charge in [-0.1, -0.05) is 24.3 Å². The molecular weight excluding hydrogens is 339 g/mol. The molecular formula is C20H24ClFN2O. The summed E-state index contributed by atoms with van der Waals surface area (Å²) >= 11 is 0. The van der Waals surface area contributed by atoms with Crippen molar-refractivity contribution in [3.63, 3.8) is 0 Å². The third-order valence-corrected chi connectivity index (χ3v) is 4.75. The van der Waals surface area contributed by atoms with Gasteiger partial charge in [0.1, 0.15) is 5.82 Å². The molecule has 2 N–H and O–H groups in total. The van der Waals surface area contributed by atoms with Crippen molar-refractivity contribution in [3.05, 3.63) is 71.0 Å². The van der Waals surface area contributed by atoms with E-state index < -0.39 is 0 Å². The molecule has 1 fully saturated rings. The highest BCUT2D eigenvalue weighted by molar-refractivity contribution is 5.94. The molecule has 0 atom stereocenters. The molecule has 25 heavy (non-hydrogen) atoms. The van der Waals surface area contributed by atoms with E-state index in [9.17, 15) is 9.18 Å². The van der Waals surface area contributed by atoms with Crippen LogP contribution in [-0.4, -0.2) is 23.9 Å². The average molecular weight is 363 g/mol. The number of nitrogens with two attached hydrogens (primary N) is 1. The topological polar surface area (TPSA) is 46.3 Å². The second kappa shape index (κ2) is 8.97. The van der Waals surface area contributed by atoms with Crippen molar-refractivity contribution in [2.24, 2.45) is 11.7 Å². The summed E-state index contributed by atoms with van der Waals surface area (Å²) in [6.07, 6.45) is 2.80. The number of hydrogen-bond acceptors (Lipinski definition) is 2. The molecule has 134 valence electrons. The Balaban J connectivity index is 0.00000225. The molecule has 0 radical (unpaired) electrons. The van der Waals surface area contributed by atoms with E-state index in [-0.39, 0.29) is 24.1 Å². The SMILES string of the molecule is Cl.NCc1ccc(C(=O)N2CCC(Cc3cccc(F)c3)CC2)cc1. The molecule has 1 aliphatic heterocycles. The number of carbonyl (C=O) groups is 1. The highest BCUT2D eigenvalue weighted by Crippen LogP contribution is 2.23. The van der Waals surface area contributed by atoms with E-state index >= 15 is 0 Å². The van der Waals surface area contributed by atoms with Gasteiger partial charge in [-0.2, -0.15) is 0 Å². The van der Waals surface area contributed by atoms with Crippen LogP contribution < -0.4 is 5.73 Å². The quantitative estimate of drug-likeness (QED) is 0.899. The van der Waals surface area contributed by atoms with E-state index in [1.165, 1.54) is 6.07 Å². The maximum absolute atomic E-state index is 13.3. The minimum atomic E-state index is -0.180. The normalized spacial score (nSPS) is 14.9. The fourth-order valence-electron chi connectivity index (χ4n) is 3.30. The number of benzene rings is 2. The van der Waals surface area contributed by atoms with Crippen molar-refractivity contribution in [2.45, 2.75) is 25.8 Å². The van der Waals surface area contributed by atoms with Gasteiger partial charge in [-0.05, 0) is 60.6 Å². The van der Waals surface area contributed by atoms with Gasteiger partial charge in [0.25, 0.3) is 5.91 Å². The van der Waals surface area contributed by atoms with Gasteiger partial charge in [-0.3, -0.25) is 4.79 Å². The Morgan fingerprint density at radius 2 is 1.76 bits per heavy atom. The molecule has 0 saturated carbocycles. The number of carbonyl (C=O) groups excluding carboxylic acids is 1. The Hall–Kier alpha value is -1.91. The van der Waals surface area contributed by atoms with Gasteiger partial charge in [0.05, 0.1) is 0 Å². The van der Waals surface area contributed by atoms with E-state index in [1.807, 2.05) is 35.2 Å². The Bertz CT molecular complexity index is 697. The van der Waals surface area contributed by atoms with Crippen LogP contribution in [0.25, 0.3) is 0 Å². The van der Waals surface area contributed by atoms with Gasteiger partial charge in [0.2, 0.25) is 0 Å². The first-order chi connectivity index (χ1) is 11.7. The van der Waals surface area contributed by atoms with Crippen molar-refractivity contribution < 1.29 is 9.18 Å². The molecule has 0 aliphatic carbocycles. The molecule has 1 amide bonds. The van der Waals surface area contributed by atoms with Gasteiger partial charge in [0.15, 0.2) is 0 Å². The van der Waals surface area contributed by atoms with E-state index in [2.05, 4.69) is 0 Å². The Labute approximate surface area is 154 Å².